The summed E-state index contributed by atoms with van der Waals surface area (Å²) in [6.45, 7) is 2.08. The number of aromatic nitrogens is 1. The van der Waals surface area contributed by atoms with Crippen LogP contribution in [0.1, 0.15) is 16.3 Å². The minimum atomic E-state index is 0. The number of hydrogen-bond acceptors (Lipinski definition) is 3. The summed E-state index contributed by atoms with van der Waals surface area (Å²) >= 11 is 13.9. The molecule has 0 saturated carbocycles. The number of nitrogens with zero attached hydrogens (tertiary/aromatic N) is 1. The van der Waals surface area contributed by atoms with Gasteiger partial charge in [-0.1, -0.05) is 53.0 Å². The average molecular weight is 449 g/mol. The first-order valence-corrected chi connectivity index (χ1v) is 9.98. The van der Waals surface area contributed by atoms with Crippen molar-refractivity contribution in [3.05, 3.63) is 86.4 Å². The van der Waals surface area contributed by atoms with Gasteiger partial charge in [0.2, 0.25) is 0 Å². The molecule has 0 aliphatic carbocycles. The van der Waals surface area contributed by atoms with Gasteiger partial charge in [0.05, 0.1) is 10.7 Å². The molecule has 0 aliphatic heterocycles. The molecule has 0 fully saturated rings. The SMILES string of the molecule is Cc1ccc(-c2csc(C=Cc3ccc(-c4cc(Cl)ccc4Cl)o3)n2)cc1.Cl. The molecular formula is C22H16Cl3NOS. The second kappa shape index (κ2) is 8.97. The highest BCUT2D eigenvalue weighted by molar-refractivity contribution is 7.10. The smallest absolute Gasteiger partial charge is 0.136 e. The summed E-state index contributed by atoms with van der Waals surface area (Å²) in [6.07, 6.45) is 3.85. The lowest BCUT2D eigenvalue weighted by Gasteiger charge is -2.00. The van der Waals surface area contributed by atoms with Gasteiger partial charge in [-0.25, -0.2) is 4.98 Å². The molecule has 0 saturated heterocycles. The van der Waals surface area contributed by atoms with E-state index in [2.05, 4.69) is 41.6 Å². The van der Waals surface area contributed by atoms with Crippen LogP contribution in [0.3, 0.4) is 0 Å². The third-order valence-corrected chi connectivity index (χ3v) is 5.45. The van der Waals surface area contributed by atoms with Gasteiger partial charge < -0.3 is 4.42 Å². The molecule has 142 valence electrons. The van der Waals surface area contributed by atoms with E-state index in [9.17, 15) is 0 Å². The molecule has 2 nitrogen and oxygen atoms in total. The zero-order valence-electron chi connectivity index (χ0n) is 14.9. The van der Waals surface area contributed by atoms with Gasteiger partial charge in [-0.3, -0.25) is 0 Å². The Labute approximate surface area is 183 Å². The standard InChI is InChI=1S/C22H15Cl2NOS.ClH/c1-14-2-4-15(5-3-14)20-13-27-22(25-20)11-8-17-7-10-21(26-17)18-12-16(23)6-9-19(18)24;/h2-13H,1H3;1H. The van der Waals surface area contributed by atoms with Crippen molar-refractivity contribution < 1.29 is 4.42 Å². The summed E-state index contributed by atoms with van der Waals surface area (Å²) in [4.78, 5) is 4.67. The quantitative estimate of drug-likeness (QED) is 0.314. The van der Waals surface area contributed by atoms with Crippen LogP contribution in [0.15, 0.2) is 64.4 Å². The van der Waals surface area contributed by atoms with E-state index >= 15 is 0 Å². The summed E-state index contributed by atoms with van der Waals surface area (Å²) in [5.74, 6) is 1.41. The van der Waals surface area contributed by atoms with Crippen molar-refractivity contribution in [2.45, 2.75) is 6.92 Å². The number of benzene rings is 2. The third-order valence-electron chi connectivity index (χ3n) is 4.08. The van der Waals surface area contributed by atoms with Crippen molar-refractivity contribution in [3.63, 3.8) is 0 Å². The maximum atomic E-state index is 6.24. The van der Waals surface area contributed by atoms with Crippen LogP contribution in [0.4, 0.5) is 0 Å². The minimum Gasteiger partial charge on any atom is -0.457 e. The van der Waals surface area contributed by atoms with Gasteiger partial charge in [-0.15, -0.1) is 23.7 Å². The monoisotopic (exact) mass is 447 g/mol. The van der Waals surface area contributed by atoms with Crippen molar-refractivity contribution in [3.8, 4) is 22.6 Å². The fraction of sp³-hybridized carbons (Fsp3) is 0.0455. The van der Waals surface area contributed by atoms with E-state index in [1.807, 2.05) is 24.3 Å². The van der Waals surface area contributed by atoms with E-state index < -0.39 is 0 Å². The predicted octanol–water partition coefficient (Wildman–Crippen LogP) is 8.28. The van der Waals surface area contributed by atoms with Crippen molar-refractivity contribution in [1.29, 1.82) is 0 Å². The number of furan rings is 1. The van der Waals surface area contributed by atoms with Crippen LogP contribution in [-0.4, -0.2) is 4.98 Å². The Hall–Kier alpha value is -2.04. The van der Waals surface area contributed by atoms with Crippen molar-refractivity contribution in [2.24, 2.45) is 0 Å². The van der Waals surface area contributed by atoms with Crippen LogP contribution >= 0.6 is 46.9 Å². The Kier molecular flexibility index (Phi) is 6.63. The molecule has 2 aromatic carbocycles. The number of hydrogen-bond donors (Lipinski definition) is 0. The molecule has 0 atom stereocenters. The van der Waals surface area contributed by atoms with E-state index in [1.165, 1.54) is 5.56 Å². The Morgan fingerprint density at radius 2 is 1.75 bits per heavy atom. The van der Waals surface area contributed by atoms with Crippen LogP contribution < -0.4 is 0 Å². The molecule has 0 aliphatic rings. The summed E-state index contributed by atoms with van der Waals surface area (Å²) in [6, 6.07) is 17.5. The first kappa shape index (κ1) is 20.7. The normalized spacial score (nSPS) is 11.0. The highest BCUT2D eigenvalue weighted by Crippen LogP contribution is 2.32. The summed E-state index contributed by atoms with van der Waals surface area (Å²) in [5.41, 5.74) is 4.11. The Morgan fingerprint density at radius 1 is 0.964 bits per heavy atom. The average Bonchev–Trinajstić information content (AvgIpc) is 3.32. The van der Waals surface area contributed by atoms with Crippen molar-refractivity contribution in [1.82, 2.24) is 4.98 Å². The van der Waals surface area contributed by atoms with Gasteiger partial charge >= 0.3 is 0 Å². The molecule has 2 heterocycles. The lowest BCUT2D eigenvalue weighted by Crippen LogP contribution is -1.78. The molecule has 6 heteroatoms. The minimum absolute atomic E-state index is 0. The third kappa shape index (κ3) is 4.68. The maximum Gasteiger partial charge on any atom is 0.136 e. The molecule has 0 amide bonds. The van der Waals surface area contributed by atoms with Gasteiger partial charge in [0.15, 0.2) is 0 Å². The predicted molar refractivity (Wildman–Crippen MR) is 123 cm³/mol. The zero-order valence-corrected chi connectivity index (χ0v) is 18.0. The topological polar surface area (TPSA) is 26.0 Å². The number of aryl methyl sites for hydroxylation is 1. The van der Waals surface area contributed by atoms with Crippen LogP contribution in [0.5, 0.6) is 0 Å². The van der Waals surface area contributed by atoms with E-state index in [-0.39, 0.29) is 12.4 Å². The molecule has 4 aromatic rings. The Balaban J connectivity index is 0.00000225. The van der Waals surface area contributed by atoms with Gasteiger partial charge in [0.1, 0.15) is 16.5 Å². The Morgan fingerprint density at radius 3 is 2.54 bits per heavy atom. The first-order chi connectivity index (χ1) is 13.1. The van der Waals surface area contributed by atoms with Gasteiger partial charge in [-0.2, -0.15) is 0 Å². The van der Waals surface area contributed by atoms with Crippen LogP contribution in [0.25, 0.3) is 34.7 Å². The fourth-order valence-electron chi connectivity index (χ4n) is 2.65. The van der Waals surface area contributed by atoms with Crippen molar-refractivity contribution >= 4 is 59.1 Å². The molecule has 0 bridgehead atoms. The van der Waals surface area contributed by atoms with E-state index in [1.54, 1.807) is 29.5 Å². The lowest BCUT2D eigenvalue weighted by atomic mass is 10.1. The van der Waals surface area contributed by atoms with Gasteiger partial charge in [0.25, 0.3) is 0 Å². The van der Waals surface area contributed by atoms with Crippen LogP contribution in [0, 0.1) is 6.92 Å². The second-order valence-corrected chi connectivity index (χ2v) is 7.83. The van der Waals surface area contributed by atoms with E-state index in [0.29, 0.717) is 15.8 Å². The molecule has 4 rings (SSSR count). The summed E-state index contributed by atoms with van der Waals surface area (Å²) < 4.78 is 5.88. The number of halogens is 3. The van der Waals surface area contributed by atoms with Crippen molar-refractivity contribution in [2.75, 3.05) is 0 Å². The maximum absolute atomic E-state index is 6.24. The lowest BCUT2D eigenvalue weighted by molar-refractivity contribution is 0.572. The van der Waals surface area contributed by atoms with E-state index in [4.69, 9.17) is 27.6 Å². The highest BCUT2D eigenvalue weighted by atomic mass is 35.5. The molecule has 0 spiro atoms. The molecule has 2 aromatic heterocycles. The first-order valence-electron chi connectivity index (χ1n) is 8.34. The molecule has 0 radical (unpaired) electrons. The Bertz CT molecular complexity index is 1110. The second-order valence-electron chi connectivity index (χ2n) is 6.10. The molecule has 0 N–H and O–H groups in total. The van der Waals surface area contributed by atoms with E-state index in [0.717, 1.165) is 27.6 Å². The van der Waals surface area contributed by atoms with Gasteiger partial charge in [0, 0.05) is 21.5 Å². The summed E-state index contributed by atoms with van der Waals surface area (Å²) in [7, 11) is 0. The molecule has 0 unspecified atom stereocenters. The van der Waals surface area contributed by atoms with Gasteiger partial charge in [-0.05, 0) is 49.4 Å². The fourth-order valence-corrected chi connectivity index (χ4v) is 3.75. The number of rotatable bonds is 4. The molecular weight excluding hydrogens is 433 g/mol. The molecule has 28 heavy (non-hydrogen) atoms. The van der Waals surface area contributed by atoms with Crippen LogP contribution in [0.2, 0.25) is 10.0 Å². The van der Waals surface area contributed by atoms with Crippen LogP contribution in [-0.2, 0) is 0 Å². The number of thiazole rings is 1. The largest absolute Gasteiger partial charge is 0.457 e. The zero-order chi connectivity index (χ0) is 18.8. The highest BCUT2D eigenvalue weighted by Gasteiger charge is 2.09. The summed E-state index contributed by atoms with van der Waals surface area (Å²) in [5, 5.41) is 4.20.